The quantitative estimate of drug-likeness (QED) is 0.433. The van der Waals surface area contributed by atoms with E-state index in [2.05, 4.69) is 20.3 Å². The Morgan fingerprint density at radius 1 is 1.09 bits per heavy atom. The standard InChI is InChI=1S/C13H10N6O3S/c14-19-12(9-4-2-6-21-9)16-17-13(19)23-7-10-15-11(18-22-10)8-3-1-5-20-8/h1-6H,7,14H2. The van der Waals surface area contributed by atoms with E-state index >= 15 is 0 Å². The van der Waals surface area contributed by atoms with Crippen LogP contribution in [0.25, 0.3) is 23.2 Å². The van der Waals surface area contributed by atoms with Crippen molar-refractivity contribution in [3.8, 4) is 23.2 Å². The lowest BCUT2D eigenvalue weighted by Gasteiger charge is -1.99. The molecule has 0 atom stereocenters. The molecular formula is C13H10N6O3S. The fraction of sp³-hybridized carbons (Fsp3) is 0.0769. The predicted octanol–water partition coefficient (Wildman–Crippen LogP) is 2.19. The van der Waals surface area contributed by atoms with Gasteiger partial charge in [-0.15, -0.1) is 10.2 Å². The molecule has 0 radical (unpaired) electrons. The first-order valence-electron chi connectivity index (χ1n) is 6.55. The molecule has 0 aromatic carbocycles. The predicted molar refractivity (Wildman–Crippen MR) is 79.4 cm³/mol. The molecule has 0 aliphatic rings. The molecule has 0 aliphatic heterocycles. The molecule has 4 heterocycles. The van der Waals surface area contributed by atoms with Crippen LogP contribution < -0.4 is 5.84 Å². The maximum absolute atomic E-state index is 5.97. The Bertz CT molecular complexity index is 896. The SMILES string of the molecule is Nn1c(SCc2nc(-c3ccco3)no2)nnc1-c1ccco1. The van der Waals surface area contributed by atoms with E-state index < -0.39 is 0 Å². The summed E-state index contributed by atoms with van der Waals surface area (Å²) >= 11 is 1.32. The van der Waals surface area contributed by atoms with E-state index in [0.29, 0.717) is 40.0 Å². The number of thioether (sulfide) groups is 1. The van der Waals surface area contributed by atoms with Gasteiger partial charge in [0.25, 0.3) is 0 Å². The maximum Gasteiger partial charge on any atom is 0.238 e. The third kappa shape index (κ3) is 2.59. The molecule has 4 aromatic rings. The van der Waals surface area contributed by atoms with E-state index in [1.165, 1.54) is 16.4 Å². The lowest BCUT2D eigenvalue weighted by atomic mass is 10.4. The number of hydrogen-bond acceptors (Lipinski definition) is 9. The first kappa shape index (κ1) is 13.6. The van der Waals surface area contributed by atoms with Crippen LogP contribution in [-0.4, -0.2) is 25.0 Å². The lowest BCUT2D eigenvalue weighted by molar-refractivity contribution is 0.390. The summed E-state index contributed by atoms with van der Waals surface area (Å²) in [4.78, 5) is 4.25. The number of nitrogen functional groups attached to an aromatic ring is 1. The van der Waals surface area contributed by atoms with Gasteiger partial charge in [-0.1, -0.05) is 16.9 Å². The fourth-order valence-electron chi connectivity index (χ4n) is 1.89. The summed E-state index contributed by atoms with van der Waals surface area (Å²) < 4.78 is 17.0. The molecule has 0 bridgehead atoms. The van der Waals surface area contributed by atoms with Gasteiger partial charge in [0.1, 0.15) is 0 Å². The summed E-state index contributed by atoms with van der Waals surface area (Å²) in [5, 5.41) is 12.4. The first-order valence-corrected chi connectivity index (χ1v) is 7.53. The van der Waals surface area contributed by atoms with Gasteiger partial charge in [0.2, 0.25) is 22.7 Å². The molecule has 0 saturated heterocycles. The van der Waals surface area contributed by atoms with Crippen molar-refractivity contribution in [1.82, 2.24) is 25.0 Å². The largest absolute Gasteiger partial charge is 0.461 e. The van der Waals surface area contributed by atoms with Gasteiger partial charge in [0, 0.05) is 0 Å². The normalized spacial score (nSPS) is 11.1. The zero-order valence-electron chi connectivity index (χ0n) is 11.6. The molecule has 23 heavy (non-hydrogen) atoms. The molecule has 0 saturated carbocycles. The molecule has 116 valence electrons. The van der Waals surface area contributed by atoms with Crippen molar-refractivity contribution >= 4 is 11.8 Å². The minimum absolute atomic E-state index is 0.399. The molecule has 0 spiro atoms. The number of nitrogens with two attached hydrogens (primary N) is 1. The van der Waals surface area contributed by atoms with Crippen molar-refractivity contribution in [2.24, 2.45) is 0 Å². The number of furan rings is 2. The highest BCUT2D eigenvalue weighted by atomic mass is 32.2. The maximum atomic E-state index is 5.97. The lowest BCUT2D eigenvalue weighted by Crippen LogP contribution is -2.11. The molecule has 2 N–H and O–H groups in total. The highest BCUT2D eigenvalue weighted by Gasteiger charge is 2.16. The highest BCUT2D eigenvalue weighted by Crippen LogP contribution is 2.25. The minimum atomic E-state index is 0.399. The van der Waals surface area contributed by atoms with Crippen LogP contribution in [0.3, 0.4) is 0 Å². The van der Waals surface area contributed by atoms with Crippen LogP contribution in [0.1, 0.15) is 5.89 Å². The third-order valence-electron chi connectivity index (χ3n) is 2.94. The van der Waals surface area contributed by atoms with E-state index in [1.807, 2.05) is 0 Å². The van der Waals surface area contributed by atoms with Gasteiger partial charge in [-0.2, -0.15) is 4.98 Å². The summed E-state index contributed by atoms with van der Waals surface area (Å²) in [6.45, 7) is 0. The smallest absolute Gasteiger partial charge is 0.238 e. The van der Waals surface area contributed by atoms with E-state index in [0.717, 1.165) is 0 Å². The van der Waals surface area contributed by atoms with Crippen LogP contribution in [0.4, 0.5) is 0 Å². The van der Waals surface area contributed by atoms with Gasteiger partial charge < -0.3 is 19.2 Å². The minimum Gasteiger partial charge on any atom is -0.461 e. The zero-order chi connectivity index (χ0) is 15.6. The van der Waals surface area contributed by atoms with E-state index in [4.69, 9.17) is 19.2 Å². The van der Waals surface area contributed by atoms with Crippen LogP contribution in [0, 0.1) is 0 Å². The second-order valence-corrected chi connectivity index (χ2v) is 5.37. The van der Waals surface area contributed by atoms with Gasteiger partial charge in [-0.05, 0) is 24.3 Å². The summed E-state index contributed by atoms with van der Waals surface area (Å²) in [5.41, 5.74) is 0. The highest BCUT2D eigenvalue weighted by molar-refractivity contribution is 7.98. The van der Waals surface area contributed by atoms with Gasteiger partial charge in [0.15, 0.2) is 11.5 Å². The summed E-state index contributed by atoms with van der Waals surface area (Å²) in [6.07, 6.45) is 3.10. The van der Waals surface area contributed by atoms with E-state index in [1.54, 1.807) is 36.8 Å². The Kier molecular flexibility index (Phi) is 3.35. The van der Waals surface area contributed by atoms with Crippen molar-refractivity contribution in [2.75, 3.05) is 5.84 Å². The average molecular weight is 330 g/mol. The first-order chi connectivity index (χ1) is 11.3. The number of hydrogen-bond donors (Lipinski definition) is 1. The molecular weight excluding hydrogens is 320 g/mol. The number of nitrogens with zero attached hydrogens (tertiary/aromatic N) is 5. The third-order valence-corrected chi connectivity index (χ3v) is 3.87. The van der Waals surface area contributed by atoms with Gasteiger partial charge in [-0.3, -0.25) is 0 Å². The monoisotopic (exact) mass is 330 g/mol. The van der Waals surface area contributed by atoms with Crippen LogP contribution in [-0.2, 0) is 5.75 Å². The second-order valence-electron chi connectivity index (χ2n) is 4.43. The van der Waals surface area contributed by atoms with E-state index in [-0.39, 0.29) is 0 Å². The Hall–Kier alpha value is -3.01. The number of rotatable bonds is 5. The summed E-state index contributed by atoms with van der Waals surface area (Å²) in [5.74, 6) is 8.75. The van der Waals surface area contributed by atoms with Crippen molar-refractivity contribution in [3.63, 3.8) is 0 Å². The Morgan fingerprint density at radius 3 is 2.61 bits per heavy atom. The Morgan fingerprint density at radius 2 is 1.87 bits per heavy atom. The number of aromatic nitrogens is 5. The van der Waals surface area contributed by atoms with Gasteiger partial charge in [-0.25, -0.2) is 4.68 Å². The molecule has 0 unspecified atom stereocenters. The van der Waals surface area contributed by atoms with Gasteiger partial charge in [0.05, 0.1) is 18.3 Å². The second kappa shape index (κ2) is 5.65. The molecule has 0 fully saturated rings. The molecule has 4 rings (SSSR count). The molecule has 4 aromatic heterocycles. The summed E-state index contributed by atoms with van der Waals surface area (Å²) in [6, 6.07) is 7.03. The van der Waals surface area contributed by atoms with Crippen LogP contribution in [0.5, 0.6) is 0 Å². The van der Waals surface area contributed by atoms with Crippen molar-refractivity contribution in [2.45, 2.75) is 10.9 Å². The van der Waals surface area contributed by atoms with Crippen LogP contribution in [0.2, 0.25) is 0 Å². The molecule has 0 amide bonds. The fourth-order valence-corrected chi connectivity index (χ4v) is 2.59. The van der Waals surface area contributed by atoms with Crippen LogP contribution >= 0.6 is 11.8 Å². The topological polar surface area (TPSA) is 122 Å². The summed E-state index contributed by atoms with van der Waals surface area (Å²) in [7, 11) is 0. The van der Waals surface area contributed by atoms with Crippen LogP contribution in [0.15, 0.2) is 55.3 Å². The molecule has 0 aliphatic carbocycles. The Labute approximate surface area is 133 Å². The van der Waals surface area contributed by atoms with Gasteiger partial charge >= 0.3 is 0 Å². The zero-order valence-corrected chi connectivity index (χ0v) is 12.4. The van der Waals surface area contributed by atoms with Crippen molar-refractivity contribution in [1.29, 1.82) is 0 Å². The molecule has 9 nitrogen and oxygen atoms in total. The van der Waals surface area contributed by atoms with E-state index in [9.17, 15) is 0 Å². The molecule has 10 heteroatoms. The average Bonchev–Trinajstić information content (AvgIpc) is 3.33. The van der Waals surface area contributed by atoms with Crippen molar-refractivity contribution in [3.05, 3.63) is 42.7 Å². The Balaban J connectivity index is 1.48. The van der Waals surface area contributed by atoms with Crippen molar-refractivity contribution < 1.29 is 13.4 Å².